The maximum Gasteiger partial charge on any atom is 1.00 e. The molecule has 0 fully saturated rings. The van der Waals surface area contributed by atoms with Crippen molar-refractivity contribution < 1.29 is 52.0 Å². The van der Waals surface area contributed by atoms with Gasteiger partial charge in [-0.15, -0.1) is 0 Å². The number of hydrazone groups is 1. The molecular weight excluding hydrogens is 427 g/mol. The molecule has 0 aliphatic carbocycles. The van der Waals surface area contributed by atoms with Gasteiger partial charge in [0.25, 0.3) is 5.91 Å². The summed E-state index contributed by atoms with van der Waals surface area (Å²) in [5, 5.41) is 13.7. The van der Waals surface area contributed by atoms with Crippen LogP contribution in [-0.4, -0.2) is 33.5 Å². The van der Waals surface area contributed by atoms with Gasteiger partial charge in [0.2, 0.25) is 0 Å². The van der Waals surface area contributed by atoms with Crippen LogP contribution in [0.15, 0.2) is 63.9 Å². The van der Waals surface area contributed by atoms with Crippen molar-refractivity contribution in [2.75, 3.05) is 12.1 Å². The van der Waals surface area contributed by atoms with Crippen LogP contribution in [-0.2, 0) is 25.0 Å². The number of nitrogens with zero attached hydrogens (tertiary/aromatic N) is 4. The fourth-order valence-corrected chi connectivity index (χ4v) is 3.05. The smallest absolute Gasteiger partial charge is 0.739 e. The van der Waals surface area contributed by atoms with Crippen LogP contribution in [0.4, 0.5) is 11.4 Å². The number of hydrogen-bond acceptors (Lipinski definition) is 9. The van der Waals surface area contributed by atoms with E-state index in [1.54, 1.807) is 31.2 Å². The Bertz CT molecular complexity index is 1060. The third kappa shape index (κ3) is 5.81. The number of hydrogen-bond donors (Lipinski definition) is 0. The quantitative estimate of drug-likeness (QED) is 0.450. The molecule has 3 rings (SSSR count). The molecule has 0 spiro atoms. The Balaban J connectivity index is 0.00000300. The predicted molar refractivity (Wildman–Crippen MR) is 105 cm³/mol. The third-order valence-electron chi connectivity index (χ3n) is 3.73. The minimum Gasteiger partial charge on any atom is -0.739 e. The average Bonchev–Trinajstić information content (AvgIpc) is 2.94. The fourth-order valence-electron chi connectivity index (χ4n) is 2.47. The van der Waals surface area contributed by atoms with Crippen LogP contribution in [0.5, 0.6) is 11.5 Å². The number of rotatable bonds is 6. The molecule has 0 radical (unpaired) electrons. The maximum absolute atomic E-state index is 12.6. The summed E-state index contributed by atoms with van der Waals surface area (Å²) in [5.74, 6) is -0.140. The van der Waals surface area contributed by atoms with E-state index < -0.39 is 15.1 Å². The zero-order valence-corrected chi connectivity index (χ0v) is 19.5. The molecule has 0 bridgehead atoms. The Labute approximate surface area is 194 Å². The molecule has 12 heteroatoms. The standard InChI is InChI=1S/C17H16N4O5S2.Na/c1-11-16(17(22)21(20-11)12-6-4-3-5-7-12)19-18-14-9-8-13(10-15(14)25-2)26-28(23,24)27;/h3-10,16H,1-2H3,(H,23,24,27);/q;+1/p-1. The van der Waals surface area contributed by atoms with E-state index in [1.807, 2.05) is 6.07 Å². The van der Waals surface area contributed by atoms with Gasteiger partial charge in [-0.25, -0.2) is 4.21 Å². The van der Waals surface area contributed by atoms with Crippen LogP contribution < -0.4 is 43.5 Å². The predicted octanol–water partition coefficient (Wildman–Crippen LogP) is -0.255. The number of carbonyl (C=O) groups excluding carboxylic acids is 1. The van der Waals surface area contributed by atoms with Crippen molar-refractivity contribution >= 4 is 43.2 Å². The topological polar surface area (TPSA) is 116 Å². The molecule has 1 amide bonds. The minimum atomic E-state index is -4.08. The summed E-state index contributed by atoms with van der Waals surface area (Å²) in [7, 11) is -2.70. The van der Waals surface area contributed by atoms with E-state index in [4.69, 9.17) is 4.74 Å². The van der Waals surface area contributed by atoms with Gasteiger partial charge in [0.1, 0.15) is 26.2 Å². The summed E-state index contributed by atoms with van der Waals surface area (Å²) in [6, 6.07) is 12.2. The first-order valence-electron chi connectivity index (χ1n) is 7.97. The van der Waals surface area contributed by atoms with Gasteiger partial charge in [-0.2, -0.15) is 20.3 Å². The first-order chi connectivity index (χ1) is 13.3. The second-order valence-electron chi connectivity index (χ2n) is 5.67. The van der Waals surface area contributed by atoms with E-state index in [2.05, 4.69) is 30.7 Å². The van der Waals surface area contributed by atoms with Crippen molar-refractivity contribution in [2.24, 2.45) is 15.3 Å². The van der Waals surface area contributed by atoms with Gasteiger partial charge in [-0.3, -0.25) is 4.79 Å². The Hall–Kier alpha value is -1.89. The normalized spacial score (nSPS) is 18.2. The van der Waals surface area contributed by atoms with E-state index in [0.717, 1.165) is 0 Å². The van der Waals surface area contributed by atoms with E-state index in [1.165, 1.54) is 30.3 Å². The number of anilines is 1. The minimum absolute atomic E-state index is 0. The van der Waals surface area contributed by atoms with E-state index in [9.17, 15) is 13.6 Å². The first-order valence-corrected chi connectivity index (χ1v) is 10.3. The number of methoxy groups -OCH3 is 1. The van der Waals surface area contributed by atoms with Crippen LogP contribution in [0.1, 0.15) is 6.92 Å². The summed E-state index contributed by atoms with van der Waals surface area (Å²) in [6.45, 7) is 1.69. The van der Waals surface area contributed by atoms with Gasteiger partial charge in [0.15, 0.2) is 6.04 Å². The van der Waals surface area contributed by atoms with Gasteiger partial charge < -0.3 is 13.5 Å². The molecule has 9 nitrogen and oxygen atoms in total. The van der Waals surface area contributed by atoms with Gasteiger partial charge in [0.05, 0.1) is 18.5 Å². The Kier molecular flexibility index (Phi) is 7.86. The van der Waals surface area contributed by atoms with Gasteiger partial charge in [0, 0.05) is 17.3 Å². The van der Waals surface area contributed by atoms with Crippen molar-refractivity contribution in [3.8, 4) is 11.5 Å². The van der Waals surface area contributed by atoms with Crippen molar-refractivity contribution in [3.63, 3.8) is 0 Å². The molecule has 2 aromatic rings. The summed E-state index contributed by atoms with van der Waals surface area (Å²) in [6.07, 6.45) is 0. The molecule has 1 aliphatic heterocycles. The summed E-state index contributed by atoms with van der Waals surface area (Å²) >= 11 is 4.19. The van der Waals surface area contributed by atoms with E-state index in [-0.39, 0.29) is 52.7 Å². The molecule has 0 N–H and O–H groups in total. The monoisotopic (exact) mass is 442 g/mol. The van der Waals surface area contributed by atoms with Gasteiger partial charge in [-0.05, 0) is 31.2 Å². The van der Waals surface area contributed by atoms with Crippen LogP contribution in [0.2, 0.25) is 0 Å². The summed E-state index contributed by atoms with van der Waals surface area (Å²) < 4.78 is 31.9. The number of ether oxygens (including phenoxy) is 1. The second-order valence-corrected chi connectivity index (χ2v) is 7.88. The SMILES string of the molecule is COc1cc(OS(=O)([O-])=S)ccc1N=NC1C(=O)N(c2ccccc2)N=C1C.[Na+]. The molecule has 2 atom stereocenters. The average molecular weight is 442 g/mol. The Morgan fingerprint density at radius 2 is 1.93 bits per heavy atom. The zero-order valence-electron chi connectivity index (χ0n) is 15.8. The number of azo groups is 1. The molecule has 2 aromatic carbocycles. The molecule has 1 heterocycles. The molecule has 2 unspecified atom stereocenters. The second kappa shape index (κ2) is 9.74. The van der Waals surface area contributed by atoms with Crippen LogP contribution in [0, 0.1) is 0 Å². The number of carbonyl (C=O) groups is 1. The molecule has 0 aromatic heterocycles. The molecule has 1 aliphatic rings. The van der Waals surface area contributed by atoms with E-state index >= 15 is 0 Å². The number of amides is 1. The molecule has 29 heavy (non-hydrogen) atoms. The molecular formula is C17H15N4NaO5S2. The van der Waals surface area contributed by atoms with E-state index in [0.29, 0.717) is 11.4 Å². The third-order valence-corrected chi connectivity index (χ3v) is 4.33. The number of para-hydroxylation sites is 1. The zero-order chi connectivity index (χ0) is 20.3. The van der Waals surface area contributed by atoms with Crippen molar-refractivity contribution in [1.29, 1.82) is 0 Å². The molecule has 0 saturated heterocycles. The number of benzene rings is 2. The maximum atomic E-state index is 12.6. The van der Waals surface area contributed by atoms with Crippen molar-refractivity contribution in [3.05, 3.63) is 48.5 Å². The molecule has 146 valence electrons. The fraction of sp³-hybridized carbons (Fsp3) is 0.176. The van der Waals surface area contributed by atoms with Crippen molar-refractivity contribution in [2.45, 2.75) is 13.0 Å². The Morgan fingerprint density at radius 3 is 2.55 bits per heavy atom. The van der Waals surface area contributed by atoms with Crippen LogP contribution in [0.25, 0.3) is 0 Å². The van der Waals surface area contributed by atoms with Gasteiger partial charge in [-0.1, -0.05) is 18.2 Å². The van der Waals surface area contributed by atoms with Crippen molar-refractivity contribution in [1.82, 2.24) is 0 Å². The van der Waals surface area contributed by atoms with Gasteiger partial charge >= 0.3 is 29.6 Å². The largest absolute Gasteiger partial charge is 1.00 e. The molecule has 0 saturated carbocycles. The Morgan fingerprint density at radius 1 is 1.24 bits per heavy atom. The summed E-state index contributed by atoms with van der Waals surface area (Å²) in [5.41, 5.74) is 1.41. The first kappa shape index (κ1) is 23.4. The van der Waals surface area contributed by atoms with Crippen LogP contribution >= 0.6 is 0 Å². The van der Waals surface area contributed by atoms with Crippen LogP contribution in [0.3, 0.4) is 0 Å². The summed E-state index contributed by atoms with van der Waals surface area (Å²) in [4.78, 5) is 12.6.